The fraction of sp³-hybridized carbons (Fsp3) is 0.185. The lowest BCUT2D eigenvalue weighted by Gasteiger charge is -2.14. The van der Waals surface area contributed by atoms with Crippen molar-refractivity contribution < 1.29 is 14.3 Å². The maximum absolute atomic E-state index is 13.1. The fourth-order valence-electron chi connectivity index (χ4n) is 3.48. The third-order valence-corrected chi connectivity index (χ3v) is 6.96. The lowest BCUT2D eigenvalue weighted by Crippen LogP contribution is -2.27. The van der Waals surface area contributed by atoms with Crippen LogP contribution in [-0.2, 0) is 4.79 Å². The Morgan fingerprint density at radius 3 is 2.47 bits per heavy atom. The van der Waals surface area contributed by atoms with Gasteiger partial charge < -0.3 is 9.47 Å². The highest BCUT2D eigenvalue weighted by Gasteiger charge is 2.33. The summed E-state index contributed by atoms with van der Waals surface area (Å²) in [5, 5.41) is 0.565. The number of carbonyl (C=O) groups excluding carboxylic acids is 1. The molecule has 1 saturated heterocycles. The molecule has 3 aromatic rings. The standard InChI is InChI=1S/C27H24ClNO3S2/c1-18-8-6-11-23(19(18)2)31-14-7-15-32-24-13-12-21(28)16-20(24)17-25-26(30)29(27(33)34-25)22-9-4-3-5-10-22/h3-6,8-13,16-17H,7,14-15H2,1-2H3/b25-17-. The summed E-state index contributed by atoms with van der Waals surface area (Å²) in [6, 6.07) is 20.8. The molecule has 0 unspecified atom stereocenters. The van der Waals surface area contributed by atoms with E-state index in [-0.39, 0.29) is 5.91 Å². The molecule has 34 heavy (non-hydrogen) atoms. The topological polar surface area (TPSA) is 38.8 Å². The molecule has 1 fully saturated rings. The van der Waals surface area contributed by atoms with E-state index in [9.17, 15) is 4.79 Å². The van der Waals surface area contributed by atoms with Crippen LogP contribution < -0.4 is 14.4 Å². The largest absolute Gasteiger partial charge is 0.493 e. The Bertz CT molecular complexity index is 1240. The average Bonchev–Trinajstić information content (AvgIpc) is 3.10. The second kappa shape index (κ2) is 11.1. The van der Waals surface area contributed by atoms with Gasteiger partial charge in [-0.1, -0.05) is 65.9 Å². The van der Waals surface area contributed by atoms with Gasteiger partial charge in [-0.3, -0.25) is 9.69 Å². The van der Waals surface area contributed by atoms with Crippen molar-refractivity contribution in [2.24, 2.45) is 0 Å². The van der Waals surface area contributed by atoms with Crippen molar-refractivity contribution >= 4 is 57.6 Å². The lowest BCUT2D eigenvalue weighted by molar-refractivity contribution is -0.113. The van der Waals surface area contributed by atoms with Crippen LogP contribution in [0.15, 0.2) is 71.6 Å². The van der Waals surface area contributed by atoms with Gasteiger partial charge in [0.05, 0.1) is 23.8 Å². The zero-order chi connectivity index (χ0) is 24.1. The highest BCUT2D eigenvalue weighted by atomic mass is 35.5. The number of aryl methyl sites for hydroxylation is 1. The van der Waals surface area contributed by atoms with Gasteiger partial charge in [-0.15, -0.1) is 0 Å². The fourth-order valence-corrected chi connectivity index (χ4v) is 4.95. The number of benzene rings is 3. The van der Waals surface area contributed by atoms with Crippen molar-refractivity contribution in [3.63, 3.8) is 0 Å². The molecule has 0 bridgehead atoms. The number of ether oxygens (including phenoxy) is 2. The molecular formula is C27H24ClNO3S2. The van der Waals surface area contributed by atoms with Crippen molar-refractivity contribution in [3.05, 3.63) is 93.3 Å². The Morgan fingerprint density at radius 2 is 1.71 bits per heavy atom. The summed E-state index contributed by atoms with van der Waals surface area (Å²) in [4.78, 5) is 15.1. The highest BCUT2D eigenvalue weighted by molar-refractivity contribution is 8.27. The van der Waals surface area contributed by atoms with Crippen LogP contribution in [-0.4, -0.2) is 23.4 Å². The summed E-state index contributed by atoms with van der Waals surface area (Å²) < 4.78 is 12.4. The van der Waals surface area contributed by atoms with Crippen LogP contribution in [0.4, 0.5) is 5.69 Å². The molecule has 1 aliphatic heterocycles. The van der Waals surface area contributed by atoms with E-state index in [1.807, 2.05) is 48.5 Å². The summed E-state index contributed by atoms with van der Waals surface area (Å²) in [5.41, 5.74) is 3.84. The number of nitrogens with zero attached hydrogens (tertiary/aromatic N) is 1. The maximum Gasteiger partial charge on any atom is 0.270 e. The lowest BCUT2D eigenvalue weighted by atomic mass is 10.1. The smallest absolute Gasteiger partial charge is 0.270 e. The second-order valence-electron chi connectivity index (χ2n) is 7.78. The van der Waals surface area contributed by atoms with E-state index in [2.05, 4.69) is 19.9 Å². The van der Waals surface area contributed by atoms with Crippen LogP contribution in [0, 0.1) is 13.8 Å². The number of thiocarbonyl (C=S) groups is 1. The van der Waals surface area contributed by atoms with E-state index in [1.54, 1.807) is 23.1 Å². The number of hydrogen-bond acceptors (Lipinski definition) is 5. The van der Waals surface area contributed by atoms with Gasteiger partial charge in [-0.05, 0) is 67.4 Å². The molecule has 0 radical (unpaired) electrons. The predicted octanol–water partition coefficient (Wildman–Crippen LogP) is 7.21. The van der Waals surface area contributed by atoms with E-state index < -0.39 is 0 Å². The van der Waals surface area contributed by atoms with E-state index in [1.165, 1.54) is 17.3 Å². The van der Waals surface area contributed by atoms with E-state index in [4.69, 9.17) is 33.3 Å². The first-order valence-electron chi connectivity index (χ1n) is 10.9. The third kappa shape index (κ3) is 5.63. The number of rotatable bonds is 8. The van der Waals surface area contributed by atoms with E-state index in [0.717, 1.165) is 22.6 Å². The molecule has 1 heterocycles. The number of amides is 1. The van der Waals surface area contributed by atoms with Gasteiger partial charge in [0.1, 0.15) is 11.5 Å². The minimum Gasteiger partial charge on any atom is -0.493 e. The van der Waals surface area contributed by atoms with Crippen molar-refractivity contribution in [1.82, 2.24) is 0 Å². The molecule has 0 saturated carbocycles. The Labute approximate surface area is 214 Å². The molecule has 7 heteroatoms. The molecule has 0 spiro atoms. The molecule has 4 rings (SSSR count). The van der Waals surface area contributed by atoms with Gasteiger partial charge in [0, 0.05) is 17.0 Å². The number of anilines is 1. The quantitative estimate of drug-likeness (QED) is 0.182. The second-order valence-corrected chi connectivity index (χ2v) is 9.90. The monoisotopic (exact) mass is 509 g/mol. The Morgan fingerprint density at radius 1 is 0.971 bits per heavy atom. The number of halogens is 1. The highest BCUT2D eigenvalue weighted by Crippen LogP contribution is 2.37. The van der Waals surface area contributed by atoms with E-state index >= 15 is 0 Å². The van der Waals surface area contributed by atoms with Crippen LogP contribution in [0.1, 0.15) is 23.1 Å². The van der Waals surface area contributed by atoms with Gasteiger partial charge in [-0.25, -0.2) is 0 Å². The zero-order valence-electron chi connectivity index (χ0n) is 18.9. The van der Waals surface area contributed by atoms with Crippen LogP contribution in [0.3, 0.4) is 0 Å². The predicted molar refractivity (Wildman–Crippen MR) is 145 cm³/mol. The SMILES string of the molecule is Cc1cccc(OCCCOc2ccc(Cl)cc2/C=C2\SC(=S)N(c3ccccc3)C2=O)c1C. The minimum atomic E-state index is -0.158. The Hall–Kier alpha value is -2.80. The summed E-state index contributed by atoms with van der Waals surface area (Å²) >= 11 is 13.0. The van der Waals surface area contributed by atoms with Gasteiger partial charge >= 0.3 is 0 Å². The summed E-state index contributed by atoms with van der Waals surface area (Å²) in [6.07, 6.45) is 2.50. The Balaban J connectivity index is 1.42. The number of para-hydroxylation sites is 1. The summed E-state index contributed by atoms with van der Waals surface area (Å²) in [6.45, 7) is 5.14. The first-order chi connectivity index (χ1) is 16.4. The first-order valence-corrected chi connectivity index (χ1v) is 12.5. The molecule has 4 nitrogen and oxygen atoms in total. The first kappa shape index (κ1) is 24.3. The van der Waals surface area contributed by atoms with Crippen LogP contribution >= 0.6 is 35.6 Å². The van der Waals surface area contributed by atoms with Gasteiger partial charge in [0.25, 0.3) is 5.91 Å². The summed E-state index contributed by atoms with van der Waals surface area (Å²) in [5.74, 6) is 1.39. The molecule has 0 aliphatic carbocycles. The molecule has 174 valence electrons. The molecular weight excluding hydrogens is 486 g/mol. The van der Waals surface area contributed by atoms with Crippen molar-refractivity contribution in [1.29, 1.82) is 0 Å². The maximum atomic E-state index is 13.1. The molecule has 0 aromatic heterocycles. The molecule has 0 N–H and O–H groups in total. The molecule has 1 aliphatic rings. The third-order valence-electron chi connectivity index (χ3n) is 5.43. The van der Waals surface area contributed by atoms with Crippen molar-refractivity contribution in [2.45, 2.75) is 20.3 Å². The number of hydrogen-bond donors (Lipinski definition) is 0. The van der Waals surface area contributed by atoms with Crippen LogP contribution in [0.25, 0.3) is 6.08 Å². The average molecular weight is 510 g/mol. The molecule has 0 atom stereocenters. The van der Waals surface area contributed by atoms with Gasteiger partial charge in [0.15, 0.2) is 4.32 Å². The van der Waals surface area contributed by atoms with E-state index in [0.29, 0.717) is 39.6 Å². The normalized spacial score (nSPS) is 14.7. The van der Waals surface area contributed by atoms with Gasteiger partial charge in [0.2, 0.25) is 0 Å². The minimum absolute atomic E-state index is 0.158. The van der Waals surface area contributed by atoms with Crippen molar-refractivity contribution in [2.75, 3.05) is 18.1 Å². The molecule has 1 amide bonds. The molecule has 3 aromatic carbocycles. The van der Waals surface area contributed by atoms with Gasteiger partial charge in [-0.2, -0.15) is 0 Å². The zero-order valence-corrected chi connectivity index (χ0v) is 21.3. The number of carbonyl (C=O) groups is 1. The Kier molecular flexibility index (Phi) is 7.93. The van der Waals surface area contributed by atoms with Crippen LogP contribution in [0.2, 0.25) is 5.02 Å². The number of thioether (sulfide) groups is 1. The summed E-state index contributed by atoms with van der Waals surface area (Å²) in [7, 11) is 0. The van der Waals surface area contributed by atoms with Crippen LogP contribution in [0.5, 0.6) is 11.5 Å². The van der Waals surface area contributed by atoms with Crippen molar-refractivity contribution in [3.8, 4) is 11.5 Å².